The lowest BCUT2D eigenvalue weighted by Crippen LogP contribution is -2.05. The molecule has 88 valence electrons. The van der Waals surface area contributed by atoms with Crippen LogP contribution >= 0.6 is 15.9 Å². The van der Waals surface area contributed by atoms with Crippen LogP contribution in [0.2, 0.25) is 0 Å². The summed E-state index contributed by atoms with van der Waals surface area (Å²) in [5, 5.41) is 4.27. The van der Waals surface area contributed by atoms with Crippen molar-refractivity contribution in [3.63, 3.8) is 0 Å². The summed E-state index contributed by atoms with van der Waals surface area (Å²) in [5.41, 5.74) is 2.46. The molecule has 1 aromatic heterocycles. The fraction of sp³-hybridized carbons (Fsp3) is 0.231. The van der Waals surface area contributed by atoms with E-state index in [2.05, 4.69) is 21.0 Å². The molecule has 0 amide bonds. The highest BCUT2D eigenvalue weighted by Crippen LogP contribution is 2.29. The van der Waals surface area contributed by atoms with E-state index < -0.39 is 0 Å². The van der Waals surface area contributed by atoms with Gasteiger partial charge in [-0.25, -0.2) is 0 Å². The van der Waals surface area contributed by atoms with E-state index in [4.69, 9.17) is 0 Å². The molecule has 0 spiro atoms. The van der Waals surface area contributed by atoms with Crippen LogP contribution in [0.15, 0.2) is 34.8 Å². The first kappa shape index (κ1) is 12.0. The number of halogens is 1. The average molecular weight is 293 g/mol. The smallest absolute Gasteiger partial charge is 0.170 e. The predicted molar refractivity (Wildman–Crippen MR) is 71.1 cm³/mol. The largest absolute Gasteiger partial charge is 0.296 e. The summed E-state index contributed by atoms with van der Waals surface area (Å²) in [6.07, 6.45) is 0.777. The molecular weight excluding hydrogens is 280 g/mol. The predicted octanol–water partition coefficient (Wildman–Crippen LogP) is 3.71. The van der Waals surface area contributed by atoms with Gasteiger partial charge in [-0.05, 0) is 26.0 Å². The SMILES string of the molecule is CC(C)n1nc(C=O)cc1-c1ccccc1Br. The number of nitrogens with zero attached hydrogens (tertiary/aromatic N) is 2. The molecule has 0 radical (unpaired) electrons. The van der Waals surface area contributed by atoms with Gasteiger partial charge < -0.3 is 0 Å². The molecule has 0 saturated carbocycles. The van der Waals surface area contributed by atoms with E-state index in [1.807, 2.05) is 48.9 Å². The van der Waals surface area contributed by atoms with Gasteiger partial charge in [-0.1, -0.05) is 34.1 Å². The van der Waals surface area contributed by atoms with Gasteiger partial charge in [0.15, 0.2) is 6.29 Å². The van der Waals surface area contributed by atoms with Gasteiger partial charge in [-0.15, -0.1) is 0 Å². The number of aldehydes is 1. The van der Waals surface area contributed by atoms with Crippen molar-refractivity contribution in [1.82, 2.24) is 9.78 Å². The molecule has 0 N–H and O–H groups in total. The lowest BCUT2D eigenvalue weighted by atomic mass is 10.1. The first-order chi connectivity index (χ1) is 8.13. The first-order valence-electron chi connectivity index (χ1n) is 5.43. The van der Waals surface area contributed by atoms with Crippen LogP contribution in [0.25, 0.3) is 11.3 Å². The van der Waals surface area contributed by atoms with Gasteiger partial charge in [0.05, 0.1) is 5.69 Å². The molecule has 0 fully saturated rings. The highest BCUT2D eigenvalue weighted by molar-refractivity contribution is 9.10. The Morgan fingerprint density at radius 2 is 2.06 bits per heavy atom. The molecule has 0 saturated heterocycles. The third kappa shape index (κ3) is 2.31. The van der Waals surface area contributed by atoms with Gasteiger partial charge in [0.2, 0.25) is 0 Å². The van der Waals surface area contributed by atoms with E-state index in [0.717, 1.165) is 22.0 Å². The highest BCUT2D eigenvalue weighted by Gasteiger charge is 2.13. The van der Waals surface area contributed by atoms with E-state index >= 15 is 0 Å². The second-order valence-electron chi connectivity index (χ2n) is 4.09. The van der Waals surface area contributed by atoms with Gasteiger partial charge in [0.25, 0.3) is 0 Å². The summed E-state index contributed by atoms with van der Waals surface area (Å²) in [5.74, 6) is 0. The maximum atomic E-state index is 10.8. The number of benzene rings is 1. The quantitative estimate of drug-likeness (QED) is 0.809. The maximum Gasteiger partial charge on any atom is 0.170 e. The zero-order valence-corrected chi connectivity index (χ0v) is 11.3. The van der Waals surface area contributed by atoms with Crippen LogP contribution in [0, 0.1) is 0 Å². The van der Waals surface area contributed by atoms with Crippen LogP contribution in [0.3, 0.4) is 0 Å². The molecule has 2 rings (SSSR count). The van der Waals surface area contributed by atoms with Crippen LogP contribution in [0.1, 0.15) is 30.4 Å². The van der Waals surface area contributed by atoms with Crippen LogP contribution in [0.5, 0.6) is 0 Å². The maximum absolute atomic E-state index is 10.8. The molecule has 0 aliphatic rings. The van der Waals surface area contributed by atoms with Crippen molar-refractivity contribution in [2.45, 2.75) is 19.9 Å². The minimum absolute atomic E-state index is 0.214. The molecule has 0 aliphatic heterocycles. The fourth-order valence-electron chi connectivity index (χ4n) is 1.73. The Balaban J connectivity index is 2.62. The molecule has 0 aliphatic carbocycles. The monoisotopic (exact) mass is 292 g/mol. The van der Waals surface area contributed by atoms with Gasteiger partial charge in [0.1, 0.15) is 5.69 Å². The fourth-order valence-corrected chi connectivity index (χ4v) is 2.22. The number of aromatic nitrogens is 2. The van der Waals surface area contributed by atoms with E-state index in [0.29, 0.717) is 5.69 Å². The summed E-state index contributed by atoms with van der Waals surface area (Å²) in [6, 6.07) is 9.95. The summed E-state index contributed by atoms with van der Waals surface area (Å²) in [6.45, 7) is 4.09. The van der Waals surface area contributed by atoms with E-state index in [1.54, 1.807) is 0 Å². The Labute approximate surface area is 109 Å². The Hall–Kier alpha value is -1.42. The van der Waals surface area contributed by atoms with Gasteiger partial charge in [-0.3, -0.25) is 9.48 Å². The van der Waals surface area contributed by atoms with Crippen molar-refractivity contribution in [2.24, 2.45) is 0 Å². The Morgan fingerprint density at radius 3 is 2.65 bits per heavy atom. The summed E-state index contributed by atoms with van der Waals surface area (Å²) >= 11 is 3.52. The molecule has 0 atom stereocenters. The van der Waals surface area contributed by atoms with Crippen LogP contribution in [-0.4, -0.2) is 16.1 Å². The zero-order chi connectivity index (χ0) is 12.4. The van der Waals surface area contributed by atoms with Crippen LogP contribution in [-0.2, 0) is 0 Å². The molecule has 2 aromatic rings. The second kappa shape index (κ2) is 4.84. The van der Waals surface area contributed by atoms with E-state index in [1.165, 1.54) is 0 Å². The molecule has 17 heavy (non-hydrogen) atoms. The number of rotatable bonds is 3. The number of hydrogen-bond donors (Lipinski definition) is 0. The standard InChI is InChI=1S/C13H13BrN2O/c1-9(2)16-13(7-10(8-17)15-16)11-5-3-4-6-12(11)14/h3-9H,1-2H3. The van der Waals surface area contributed by atoms with Crippen molar-refractivity contribution in [2.75, 3.05) is 0 Å². The first-order valence-corrected chi connectivity index (χ1v) is 6.22. The minimum atomic E-state index is 0.214. The molecule has 0 unspecified atom stereocenters. The molecule has 4 heteroatoms. The van der Waals surface area contributed by atoms with Crippen LogP contribution in [0.4, 0.5) is 0 Å². The van der Waals surface area contributed by atoms with Crippen molar-refractivity contribution >= 4 is 22.2 Å². The van der Waals surface area contributed by atoms with Crippen molar-refractivity contribution < 1.29 is 4.79 Å². The Morgan fingerprint density at radius 1 is 1.35 bits per heavy atom. The summed E-state index contributed by atoms with van der Waals surface area (Å²) in [4.78, 5) is 10.8. The van der Waals surface area contributed by atoms with Gasteiger partial charge in [-0.2, -0.15) is 5.10 Å². The highest BCUT2D eigenvalue weighted by atomic mass is 79.9. The Bertz CT molecular complexity index is 546. The lowest BCUT2D eigenvalue weighted by Gasteiger charge is -2.11. The van der Waals surface area contributed by atoms with Crippen molar-refractivity contribution in [3.8, 4) is 11.3 Å². The third-order valence-electron chi connectivity index (χ3n) is 2.51. The number of hydrogen-bond acceptors (Lipinski definition) is 2. The molecule has 1 aromatic carbocycles. The zero-order valence-electron chi connectivity index (χ0n) is 9.72. The molecule has 0 bridgehead atoms. The molecule has 1 heterocycles. The average Bonchev–Trinajstić information content (AvgIpc) is 2.73. The summed E-state index contributed by atoms with van der Waals surface area (Å²) in [7, 11) is 0. The Kier molecular flexibility index (Phi) is 3.43. The van der Waals surface area contributed by atoms with E-state index in [-0.39, 0.29) is 6.04 Å². The molecule has 3 nitrogen and oxygen atoms in total. The second-order valence-corrected chi connectivity index (χ2v) is 4.94. The van der Waals surface area contributed by atoms with Gasteiger partial charge >= 0.3 is 0 Å². The third-order valence-corrected chi connectivity index (χ3v) is 3.21. The topological polar surface area (TPSA) is 34.9 Å². The normalized spacial score (nSPS) is 10.8. The lowest BCUT2D eigenvalue weighted by molar-refractivity contribution is 0.111. The minimum Gasteiger partial charge on any atom is -0.296 e. The van der Waals surface area contributed by atoms with E-state index in [9.17, 15) is 4.79 Å². The van der Waals surface area contributed by atoms with Crippen molar-refractivity contribution in [3.05, 3.63) is 40.5 Å². The van der Waals surface area contributed by atoms with Gasteiger partial charge in [0, 0.05) is 16.1 Å². The van der Waals surface area contributed by atoms with Crippen molar-refractivity contribution in [1.29, 1.82) is 0 Å². The molecular formula is C13H13BrN2O. The summed E-state index contributed by atoms with van der Waals surface area (Å²) < 4.78 is 2.86. The number of carbonyl (C=O) groups is 1. The number of carbonyl (C=O) groups excluding carboxylic acids is 1. The van der Waals surface area contributed by atoms with Crippen LogP contribution < -0.4 is 0 Å².